The number of nitrogens with one attached hydrogen (secondary N) is 1. The highest BCUT2D eigenvalue weighted by Crippen LogP contribution is 1.98. The Labute approximate surface area is 69.9 Å². The molecular formula is C4H12N5O3-3. The minimum Gasteiger partial charge on any atom is -0.801 e. The van der Waals surface area contributed by atoms with Gasteiger partial charge in [-0.3, -0.25) is 5.84 Å². The Morgan fingerprint density at radius 1 is 1.58 bits per heavy atom. The molecule has 0 aliphatic carbocycles. The normalized spacial score (nSPS) is 17.0. The van der Waals surface area contributed by atoms with Crippen LogP contribution in [0.15, 0.2) is 0 Å². The monoisotopic (exact) mass is 178 g/mol. The minimum atomic E-state index is -1.02. The van der Waals surface area contributed by atoms with Crippen LogP contribution in [0, 0.1) is 10.4 Å². The largest absolute Gasteiger partial charge is 0.801 e. The van der Waals surface area contributed by atoms with Crippen molar-refractivity contribution in [1.82, 2.24) is 10.3 Å². The van der Waals surface area contributed by atoms with Gasteiger partial charge in [-0.1, -0.05) is 0 Å². The van der Waals surface area contributed by atoms with Crippen LogP contribution in [0.1, 0.15) is 6.92 Å². The van der Waals surface area contributed by atoms with Gasteiger partial charge in [0, 0.05) is 0 Å². The van der Waals surface area contributed by atoms with Gasteiger partial charge >= 0.3 is 0 Å². The fraction of sp³-hybridized carbons (Fsp3) is 1.00. The Balaban J connectivity index is 3.54. The molecule has 0 heterocycles. The Morgan fingerprint density at radius 3 is 2.42 bits per heavy atom. The van der Waals surface area contributed by atoms with E-state index in [0.717, 1.165) is 0 Å². The van der Waals surface area contributed by atoms with E-state index in [1.807, 2.05) is 0 Å². The lowest BCUT2D eigenvalue weighted by atomic mass is 10.5. The molecule has 0 amide bonds. The summed E-state index contributed by atoms with van der Waals surface area (Å²) in [6.45, 7) is 1.16. The lowest BCUT2D eigenvalue weighted by Gasteiger charge is -2.40. The molecule has 0 saturated heterocycles. The van der Waals surface area contributed by atoms with E-state index < -0.39 is 12.4 Å². The molecule has 0 radical (unpaired) electrons. The highest BCUT2D eigenvalue weighted by molar-refractivity contribution is 4.61. The molecule has 0 aromatic carbocycles. The predicted molar refractivity (Wildman–Crippen MR) is 42.3 cm³/mol. The molecular weight excluding hydrogens is 166 g/mol. The quantitative estimate of drug-likeness (QED) is 0.315. The molecule has 8 nitrogen and oxygen atoms in total. The fourth-order valence-electron chi connectivity index (χ4n) is 0.379. The molecule has 0 bridgehead atoms. The molecule has 8 heteroatoms. The summed E-state index contributed by atoms with van der Waals surface area (Å²) in [6.07, 6.45) is -1.98. The molecule has 0 aromatic rings. The molecule has 0 rings (SSSR count). The molecule has 2 atom stereocenters. The number of nitrogens with two attached hydrogens (primary N) is 2. The first kappa shape index (κ1) is 11.7. The van der Waals surface area contributed by atoms with Crippen LogP contribution < -0.4 is 11.6 Å². The molecule has 5 N–H and O–H groups in total. The number of hydrogen-bond donors (Lipinski definition) is 2. The average molecular weight is 178 g/mol. The lowest BCUT2D eigenvalue weighted by Crippen LogP contribution is -2.46. The van der Waals surface area contributed by atoms with Crippen molar-refractivity contribution in [1.29, 1.82) is 0 Å². The van der Waals surface area contributed by atoms with Crippen molar-refractivity contribution < 1.29 is 4.74 Å². The molecule has 0 aliphatic rings. The van der Waals surface area contributed by atoms with Gasteiger partial charge in [-0.25, -0.2) is 0 Å². The number of nitrogens with zero attached hydrogens (tertiary/aromatic N) is 2. The van der Waals surface area contributed by atoms with E-state index >= 15 is 0 Å². The van der Waals surface area contributed by atoms with Crippen molar-refractivity contribution in [3.63, 3.8) is 0 Å². The first-order valence-electron chi connectivity index (χ1n) is 3.21. The lowest BCUT2D eigenvalue weighted by molar-refractivity contribution is -0.0264. The van der Waals surface area contributed by atoms with Crippen molar-refractivity contribution in [3.8, 4) is 0 Å². The van der Waals surface area contributed by atoms with E-state index in [0.29, 0.717) is 0 Å². The zero-order chi connectivity index (χ0) is 9.72. The van der Waals surface area contributed by atoms with Crippen molar-refractivity contribution in [2.45, 2.75) is 19.3 Å². The molecule has 74 valence electrons. The second-order valence-corrected chi connectivity index (χ2v) is 2.19. The van der Waals surface area contributed by atoms with E-state index in [9.17, 15) is 10.4 Å². The predicted octanol–water partition coefficient (Wildman–Crippen LogP) is -0.926. The van der Waals surface area contributed by atoms with E-state index in [1.165, 1.54) is 6.92 Å². The molecule has 0 saturated carbocycles. The van der Waals surface area contributed by atoms with Crippen molar-refractivity contribution in [3.05, 3.63) is 16.3 Å². The van der Waals surface area contributed by atoms with Crippen LogP contribution in [0.3, 0.4) is 0 Å². The number of rotatable bonds is 5. The third-order valence-electron chi connectivity index (χ3n) is 1.17. The summed E-state index contributed by atoms with van der Waals surface area (Å²) in [6, 6.07) is 0. The van der Waals surface area contributed by atoms with Crippen molar-refractivity contribution >= 4 is 0 Å². The Bertz CT molecular complexity index is 107. The van der Waals surface area contributed by atoms with Gasteiger partial charge in [-0.15, -0.1) is 0 Å². The number of hydrogen-bond acceptors (Lipinski definition) is 7. The van der Waals surface area contributed by atoms with Gasteiger partial charge in [0.05, 0.1) is 19.0 Å². The van der Waals surface area contributed by atoms with Gasteiger partial charge in [-0.05, 0) is 6.92 Å². The van der Waals surface area contributed by atoms with Gasteiger partial charge in [0.1, 0.15) is 0 Å². The van der Waals surface area contributed by atoms with Crippen LogP contribution in [0.4, 0.5) is 0 Å². The van der Waals surface area contributed by atoms with Gasteiger partial charge in [0.15, 0.2) is 0 Å². The second kappa shape index (κ2) is 5.35. The molecule has 0 aromatic heterocycles. The van der Waals surface area contributed by atoms with Crippen LogP contribution in [0.2, 0.25) is 0 Å². The molecule has 0 aliphatic heterocycles. The summed E-state index contributed by atoms with van der Waals surface area (Å²) in [5.74, 6) is 11.3. The number of ether oxygens (including phenoxy) is 1. The highest BCUT2D eigenvalue weighted by Gasteiger charge is 2.03. The molecule has 0 fully saturated rings. The summed E-state index contributed by atoms with van der Waals surface area (Å²) in [7, 11) is 0. The third-order valence-corrected chi connectivity index (χ3v) is 1.17. The fourth-order valence-corrected chi connectivity index (χ4v) is 0.379. The summed E-state index contributed by atoms with van der Waals surface area (Å²) in [4.78, 5) is 0. The molecule has 2 unspecified atom stereocenters. The van der Waals surface area contributed by atoms with Crippen molar-refractivity contribution in [2.75, 3.05) is 6.61 Å². The van der Waals surface area contributed by atoms with Gasteiger partial charge in [0.2, 0.25) is 0 Å². The van der Waals surface area contributed by atoms with Crippen LogP contribution in [0.25, 0.3) is 5.84 Å². The maximum Gasteiger partial charge on any atom is 0.0824 e. The van der Waals surface area contributed by atoms with E-state index in [1.54, 1.807) is 0 Å². The van der Waals surface area contributed by atoms with Crippen molar-refractivity contribution in [2.24, 2.45) is 11.6 Å². The van der Waals surface area contributed by atoms with E-state index in [2.05, 4.69) is 0 Å². The number of hydrazine groups is 1. The summed E-state index contributed by atoms with van der Waals surface area (Å²) >= 11 is 0. The minimum absolute atomic E-state index is 0.0197. The molecule has 0 spiro atoms. The van der Waals surface area contributed by atoms with Gasteiger partial charge < -0.3 is 37.1 Å². The number of hydroxylamine groups is 2. The first-order valence-corrected chi connectivity index (χ1v) is 3.21. The van der Waals surface area contributed by atoms with Crippen LogP contribution in [-0.4, -0.2) is 29.3 Å². The SMILES string of the molecule is CC(OCC(N)N(N)[O-])N([NH-])[O-]. The Kier molecular flexibility index (Phi) is 5.20. The zero-order valence-corrected chi connectivity index (χ0v) is 6.64. The first-order chi connectivity index (χ1) is 5.45. The van der Waals surface area contributed by atoms with Gasteiger partial charge in [-0.2, -0.15) is 0 Å². The van der Waals surface area contributed by atoms with Crippen LogP contribution in [-0.2, 0) is 4.74 Å². The highest BCUT2D eigenvalue weighted by atomic mass is 16.6. The Hall–Kier alpha value is -0.320. The second-order valence-electron chi connectivity index (χ2n) is 2.19. The maximum absolute atomic E-state index is 10.3. The van der Waals surface area contributed by atoms with Gasteiger partial charge in [0.25, 0.3) is 0 Å². The van der Waals surface area contributed by atoms with Crippen LogP contribution >= 0.6 is 0 Å². The van der Waals surface area contributed by atoms with E-state index in [4.69, 9.17) is 22.2 Å². The topological polar surface area (TPSA) is 138 Å². The molecule has 12 heavy (non-hydrogen) atoms. The standard InChI is InChI=1S/C4H12N5O3/c1-3(8(6)10)12-2-4(5)9(7)11/h3-4,6H,2,5,7H2,1H3/q-3. The smallest absolute Gasteiger partial charge is 0.0824 e. The summed E-state index contributed by atoms with van der Waals surface area (Å²) in [5, 5.41) is 20.4. The van der Waals surface area contributed by atoms with E-state index in [-0.39, 0.29) is 17.0 Å². The summed E-state index contributed by atoms with van der Waals surface area (Å²) in [5.41, 5.74) is 5.15. The third kappa shape index (κ3) is 4.54. The average Bonchev–Trinajstić information content (AvgIpc) is 1.98. The van der Waals surface area contributed by atoms with Crippen LogP contribution in [0.5, 0.6) is 0 Å². The maximum atomic E-state index is 10.3. The summed E-state index contributed by atoms with van der Waals surface area (Å²) < 4.78 is 4.71. The zero-order valence-electron chi connectivity index (χ0n) is 6.64. The Morgan fingerprint density at radius 2 is 2.08 bits per heavy atom.